The Hall–Kier alpha value is -3.81. The van der Waals surface area contributed by atoms with Crippen molar-refractivity contribution in [3.05, 3.63) is 88.3 Å². The van der Waals surface area contributed by atoms with Crippen molar-refractivity contribution in [3.63, 3.8) is 0 Å². The number of para-hydroxylation sites is 3. The number of benzene rings is 3. The average molecular weight is 466 g/mol. The number of ether oxygens (including phenoxy) is 2. The van der Waals surface area contributed by atoms with Gasteiger partial charge in [-0.25, -0.2) is 13.6 Å². The summed E-state index contributed by atoms with van der Waals surface area (Å²) in [7, 11) is 3.17. The quantitative estimate of drug-likeness (QED) is 0.418. The molecule has 0 bridgehead atoms. The SMILES string of the molecule is COc1ccccc1Cn1c(=O)n(C2CCN(c3c(F)cccc3F)C2)c2cccc(OC)c21. The highest BCUT2D eigenvalue weighted by molar-refractivity contribution is 5.83. The maximum atomic E-state index is 14.4. The van der Waals surface area contributed by atoms with Gasteiger partial charge in [0.25, 0.3) is 0 Å². The Kier molecular flexibility index (Phi) is 5.73. The monoisotopic (exact) mass is 465 g/mol. The van der Waals surface area contributed by atoms with Crippen LogP contribution in [0.1, 0.15) is 18.0 Å². The van der Waals surface area contributed by atoms with Gasteiger partial charge < -0.3 is 14.4 Å². The zero-order chi connectivity index (χ0) is 23.8. The molecule has 2 heterocycles. The zero-order valence-corrected chi connectivity index (χ0v) is 19.0. The van der Waals surface area contributed by atoms with Crippen molar-refractivity contribution < 1.29 is 18.3 Å². The van der Waals surface area contributed by atoms with Crippen LogP contribution in [0.2, 0.25) is 0 Å². The first-order chi connectivity index (χ1) is 16.5. The highest BCUT2D eigenvalue weighted by atomic mass is 19.1. The second-order valence-electron chi connectivity index (χ2n) is 8.34. The Morgan fingerprint density at radius 2 is 1.59 bits per heavy atom. The standard InChI is InChI=1S/C26H25F2N3O3/c1-33-22-11-4-3-7-17(22)15-30-25-21(10-6-12-23(25)34-2)31(26(30)32)18-13-14-29(16-18)24-19(27)8-5-9-20(24)28/h3-12,18H,13-16H2,1-2H3. The van der Waals surface area contributed by atoms with E-state index in [-0.39, 0.29) is 17.4 Å². The fourth-order valence-electron chi connectivity index (χ4n) is 4.92. The Bertz CT molecular complexity index is 1390. The Labute approximate surface area is 195 Å². The van der Waals surface area contributed by atoms with Gasteiger partial charge in [-0.15, -0.1) is 0 Å². The molecule has 6 nitrogen and oxygen atoms in total. The topological polar surface area (TPSA) is 48.6 Å². The predicted octanol–water partition coefficient (Wildman–Crippen LogP) is 4.60. The van der Waals surface area contributed by atoms with E-state index < -0.39 is 11.6 Å². The number of anilines is 1. The summed E-state index contributed by atoms with van der Waals surface area (Å²) in [6.07, 6.45) is 0.582. The Morgan fingerprint density at radius 1 is 0.912 bits per heavy atom. The molecule has 1 saturated heterocycles. The summed E-state index contributed by atoms with van der Waals surface area (Å²) in [5, 5.41) is 0. The molecular weight excluding hydrogens is 440 g/mol. The fraction of sp³-hybridized carbons (Fsp3) is 0.269. The van der Waals surface area contributed by atoms with Crippen molar-refractivity contribution >= 4 is 16.7 Å². The van der Waals surface area contributed by atoms with E-state index in [1.54, 1.807) is 28.3 Å². The Balaban J connectivity index is 1.60. The molecule has 8 heteroatoms. The van der Waals surface area contributed by atoms with Gasteiger partial charge in [0.15, 0.2) is 0 Å². The summed E-state index contributed by atoms with van der Waals surface area (Å²) in [4.78, 5) is 15.5. The highest BCUT2D eigenvalue weighted by Gasteiger charge is 2.31. The number of aromatic nitrogens is 2. The molecule has 1 aliphatic heterocycles. The van der Waals surface area contributed by atoms with Crippen LogP contribution in [0.25, 0.3) is 11.0 Å². The highest BCUT2D eigenvalue weighted by Crippen LogP contribution is 2.34. The molecule has 0 amide bonds. The van der Waals surface area contributed by atoms with Gasteiger partial charge in [-0.3, -0.25) is 9.13 Å². The van der Waals surface area contributed by atoms with Crippen LogP contribution in [0.15, 0.2) is 65.5 Å². The van der Waals surface area contributed by atoms with Gasteiger partial charge in [-0.1, -0.05) is 30.3 Å². The second-order valence-corrected chi connectivity index (χ2v) is 8.34. The summed E-state index contributed by atoms with van der Waals surface area (Å²) in [6.45, 7) is 1.06. The lowest BCUT2D eigenvalue weighted by Gasteiger charge is -2.20. The van der Waals surface area contributed by atoms with Gasteiger partial charge in [0, 0.05) is 18.7 Å². The molecule has 5 rings (SSSR count). The van der Waals surface area contributed by atoms with Crippen molar-refractivity contribution in [3.8, 4) is 11.5 Å². The van der Waals surface area contributed by atoms with E-state index in [4.69, 9.17) is 9.47 Å². The van der Waals surface area contributed by atoms with E-state index in [1.807, 2.05) is 42.5 Å². The number of rotatable bonds is 6. The summed E-state index contributed by atoms with van der Waals surface area (Å²) in [5.74, 6) is 0.0621. The molecule has 1 aromatic heterocycles. The van der Waals surface area contributed by atoms with E-state index in [1.165, 1.54) is 18.2 Å². The number of nitrogens with zero attached hydrogens (tertiary/aromatic N) is 3. The summed E-state index contributed by atoms with van der Waals surface area (Å²) >= 11 is 0. The first-order valence-corrected chi connectivity index (χ1v) is 11.1. The molecule has 0 aliphatic carbocycles. The van der Waals surface area contributed by atoms with E-state index in [9.17, 15) is 13.6 Å². The second kappa shape index (κ2) is 8.85. The molecule has 3 aromatic carbocycles. The van der Waals surface area contributed by atoms with Crippen molar-refractivity contribution in [1.82, 2.24) is 9.13 Å². The lowest BCUT2D eigenvalue weighted by atomic mass is 10.2. The number of fused-ring (bicyclic) bond motifs is 1. The van der Waals surface area contributed by atoms with E-state index in [0.717, 1.165) is 11.1 Å². The van der Waals surface area contributed by atoms with Crippen LogP contribution < -0.4 is 20.1 Å². The molecule has 0 N–H and O–H groups in total. The fourth-order valence-corrected chi connectivity index (χ4v) is 4.92. The molecule has 0 radical (unpaired) electrons. The van der Waals surface area contributed by atoms with Crippen molar-refractivity contribution in [2.45, 2.75) is 19.0 Å². The lowest BCUT2D eigenvalue weighted by Crippen LogP contribution is -2.30. The van der Waals surface area contributed by atoms with Crippen LogP contribution >= 0.6 is 0 Å². The minimum Gasteiger partial charge on any atom is -0.496 e. The first-order valence-electron chi connectivity index (χ1n) is 11.1. The molecule has 176 valence electrons. The van der Waals surface area contributed by atoms with Gasteiger partial charge in [0.05, 0.1) is 32.3 Å². The largest absolute Gasteiger partial charge is 0.496 e. The van der Waals surface area contributed by atoms with Gasteiger partial charge in [-0.05, 0) is 36.8 Å². The third-order valence-corrected chi connectivity index (χ3v) is 6.47. The molecular formula is C26H25F2N3O3. The molecule has 4 aromatic rings. The molecule has 1 atom stereocenters. The van der Waals surface area contributed by atoms with Crippen LogP contribution in [0.5, 0.6) is 11.5 Å². The van der Waals surface area contributed by atoms with E-state index in [2.05, 4.69) is 0 Å². The Morgan fingerprint density at radius 3 is 2.32 bits per heavy atom. The molecule has 0 spiro atoms. The number of imidazole rings is 1. The van der Waals surface area contributed by atoms with Crippen molar-refractivity contribution in [2.24, 2.45) is 0 Å². The average Bonchev–Trinajstić information content (AvgIpc) is 3.42. The van der Waals surface area contributed by atoms with Crippen LogP contribution in [-0.4, -0.2) is 36.4 Å². The lowest BCUT2D eigenvalue weighted by molar-refractivity contribution is 0.407. The zero-order valence-electron chi connectivity index (χ0n) is 19.0. The minimum atomic E-state index is -0.603. The number of halogens is 2. The molecule has 0 saturated carbocycles. The molecule has 34 heavy (non-hydrogen) atoms. The summed E-state index contributed by atoms with van der Waals surface area (Å²) < 4.78 is 43.3. The number of hydrogen-bond donors (Lipinski definition) is 0. The third-order valence-electron chi connectivity index (χ3n) is 6.47. The summed E-state index contributed by atoms with van der Waals surface area (Å²) in [5.41, 5.74) is 2.01. The minimum absolute atomic E-state index is 0.0478. The van der Waals surface area contributed by atoms with Crippen LogP contribution in [0.4, 0.5) is 14.5 Å². The number of hydrogen-bond acceptors (Lipinski definition) is 4. The number of methoxy groups -OCH3 is 2. The molecule has 1 unspecified atom stereocenters. The van der Waals surface area contributed by atoms with Crippen LogP contribution in [0, 0.1) is 11.6 Å². The van der Waals surface area contributed by atoms with Gasteiger partial charge in [0.2, 0.25) is 0 Å². The van der Waals surface area contributed by atoms with Crippen LogP contribution in [-0.2, 0) is 6.54 Å². The molecule has 1 aliphatic rings. The van der Waals surface area contributed by atoms with Crippen molar-refractivity contribution in [2.75, 3.05) is 32.2 Å². The maximum Gasteiger partial charge on any atom is 0.329 e. The first kappa shape index (κ1) is 22.0. The van der Waals surface area contributed by atoms with Gasteiger partial charge in [-0.2, -0.15) is 0 Å². The third kappa shape index (κ3) is 3.59. The van der Waals surface area contributed by atoms with E-state index >= 15 is 0 Å². The van der Waals surface area contributed by atoms with Crippen molar-refractivity contribution in [1.29, 1.82) is 0 Å². The van der Waals surface area contributed by atoms with Gasteiger partial charge >= 0.3 is 5.69 Å². The predicted molar refractivity (Wildman–Crippen MR) is 127 cm³/mol. The van der Waals surface area contributed by atoms with E-state index in [0.29, 0.717) is 43.1 Å². The smallest absolute Gasteiger partial charge is 0.329 e. The maximum absolute atomic E-state index is 14.4. The summed E-state index contributed by atoms with van der Waals surface area (Å²) in [6, 6.07) is 16.7. The van der Waals surface area contributed by atoms with Gasteiger partial charge in [0.1, 0.15) is 34.3 Å². The van der Waals surface area contributed by atoms with Crippen LogP contribution in [0.3, 0.4) is 0 Å². The molecule has 1 fully saturated rings. The normalized spacial score (nSPS) is 15.8.